The smallest absolute Gasteiger partial charge is 0.274 e. The summed E-state index contributed by atoms with van der Waals surface area (Å²) in [5, 5.41) is 0. The van der Waals surface area contributed by atoms with E-state index in [1.165, 1.54) is 0 Å². The number of halogens is 1. The molecule has 0 radical (unpaired) electrons. The van der Waals surface area contributed by atoms with Crippen molar-refractivity contribution in [1.29, 1.82) is 0 Å². The largest absolute Gasteiger partial charge is 0.309 e. The molecule has 1 aromatic heterocycles. The molecule has 0 aliphatic carbocycles. The van der Waals surface area contributed by atoms with Crippen molar-refractivity contribution in [3.05, 3.63) is 135 Å². The van der Waals surface area contributed by atoms with Crippen LogP contribution >= 0.6 is 15.9 Å². The first kappa shape index (κ1) is 20.8. The first-order valence-corrected chi connectivity index (χ1v) is 10.8. The van der Waals surface area contributed by atoms with Crippen LogP contribution < -0.4 is 10.5 Å². The van der Waals surface area contributed by atoms with Gasteiger partial charge in [0, 0.05) is 10.7 Å². The van der Waals surface area contributed by atoms with Gasteiger partial charge in [-0.25, -0.2) is 0 Å². The highest BCUT2D eigenvalue weighted by Crippen LogP contribution is 2.22. The van der Waals surface area contributed by atoms with Crippen LogP contribution in [-0.2, 0) is 13.1 Å². The molecule has 0 saturated heterocycles. The van der Waals surface area contributed by atoms with Gasteiger partial charge in [-0.3, -0.25) is 14.5 Å². The Morgan fingerprint density at radius 3 is 2.06 bits per heavy atom. The molecule has 0 bridgehead atoms. The molecule has 0 N–H and O–H groups in total. The number of hydrogen-bond acceptors (Lipinski definition) is 2. The molecule has 0 atom stereocenters. The number of amides is 1. The third kappa shape index (κ3) is 4.84. The molecule has 5 heteroatoms. The van der Waals surface area contributed by atoms with E-state index in [1.807, 2.05) is 84.9 Å². The number of aromatic nitrogens is 1. The lowest BCUT2D eigenvalue weighted by Crippen LogP contribution is -2.36. The van der Waals surface area contributed by atoms with E-state index in [9.17, 15) is 9.59 Å². The van der Waals surface area contributed by atoms with Gasteiger partial charge < -0.3 is 4.57 Å². The van der Waals surface area contributed by atoms with Crippen molar-refractivity contribution in [2.24, 2.45) is 0 Å². The zero-order valence-electron chi connectivity index (χ0n) is 16.8. The van der Waals surface area contributed by atoms with E-state index in [2.05, 4.69) is 15.9 Å². The lowest BCUT2D eigenvalue weighted by Gasteiger charge is -2.24. The SMILES string of the molecule is O=C(c1ccccc1Br)N(Cc1ccccc1)c1cccn(Cc2ccccc2)c1=O. The van der Waals surface area contributed by atoms with Crippen molar-refractivity contribution >= 4 is 27.5 Å². The molecular weight excluding hydrogens is 452 g/mol. The first-order chi connectivity index (χ1) is 15.1. The van der Waals surface area contributed by atoms with Crippen LogP contribution in [0.15, 0.2) is 113 Å². The summed E-state index contributed by atoms with van der Waals surface area (Å²) in [6, 6.07) is 30.3. The molecule has 4 aromatic rings. The van der Waals surface area contributed by atoms with Crippen LogP contribution in [0.4, 0.5) is 5.69 Å². The van der Waals surface area contributed by atoms with Gasteiger partial charge in [-0.15, -0.1) is 0 Å². The highest BCUT2D eigenvalue weighted by atomic mass is 79.9. The molecule has 0 saturated carbocycles. The summed E-state index contributed by atoms with van der Waals surface area (Å²) in [4.78, 5) is 28.5. The van der Waals surface area contributed by atoms with Crippen LogP contribution in [0.3, 0.4) is 0 Å². The van der Waals surface area contributed by atoms with Crippen molar-refractivity contribution in [2.75, 3.05) is 4.90 Å². The van der Waals surface area contributed by atoms with E-state index in [1.54, 1.807) is 27.8 Å². The summed E-state index contributed by atoms with van der Waals surface area (Å²) in [5.41, 5.74) is 2.62. The number of benzene rings is 3. The van der Waals surface area contributed by atoms with Crippen molar-refractivity contribution in [1.82, 2.24) is 4.57 Å². The van der Waals surface area contributed by atoms with Gasteiger partial charge in [0.25, 0.3) is 11.5 Å². The second-order valence-corrected chi connectivity index (χ2v) is 8.02. The average Bonchev–Trinajstić information content (AvgIpc) is 2.80. The Morgan fingerprint density at radius 2 is 1.39 bits per heavy atom. The molecule has 3 aromatic carbocycles. The molecule has 0 aliphatic rings. The van der Waals surface area contributed by atoms with Crippen molar-refractivity contribution < 1.29 is 4.79 Å². The van der Waals surface area contributed by atoms with E-state index < -0.39 is 0 Å². The maximum absolute atomic E-state index is 13.5. The maximum Gasteiger partial charge on any atom is 0.274 e. The fourth-order valence-electron chi connectivity index (χ4n) is 3.45. The molecule has 1 amide bonds. The van der Waals surface area contributed by atoms with Crippen molar-refractivity contribution in [3.63, 3.8) is 0 Å². The summed E-state index contributed by atoms with van der Waals surface area (Å²) >= 11 is 3.47. The van der Waals surface area contributed by atoms with Crippen molar-refractivity contribution in [2.45, 2.75) is 13.1 Å². The van der Waals surface area contributed by atoms with Gasteiger partial charge in [-0.2, -0.15) is 0 Å². The Kier molecular flexibility index (Phi) is 6.43. The van der Waals surface area contributed by atoms with Gasteiger partial charge in [0.1, 0.15) is 5.69 Å². The predicted octanol–water partition coefficient (Wildman–Crippen LogP) is 5.51. The number of anilines is 1. The zero-order chi connectivity index (χ0) is 21.6. The number of nitrogens with zero attached hydrogens (tertiary/aromatic N) is 2. The average molecular weight is 473 g/mol. The summed E-state index contributed by atoms with van der Waals surface area (Å²) in [6.45, 7) is 0.738. The number of hydrogen-bond donors (Lipinski definition) is 0. The summed E-state index contributed by atoms with van der Waals surface area (Å²) in [7, 11) is 0. The normalized spacial score (nSPS) is 10.6. The van der Waals surface area contributed by atoms with Gasteiger partial charge in [-0.05, 0) is 51.3 Å². The minimum Gasteiger partial charge on any atom is -0.309 e. The molecule has 0 spiro atoms. The zero-order valence-corrected chi connectivity index (χ0v) is 18.4. The highest BCUT2D eigenvalue weighted by Gasteiger charge is 2.23. The minimum absolute atomic E-state index is 0.206. The van der Waals surface area contributed by atoms with Crippen LogP contribution in [0.1, 0.15) is 21.5 Å². The Labute approximate surface area is 189 Å². The molecule has 0 aliphatic heterocycles. The fourth-order valence-corrected chi connectivity index (χ4v) is 3.90. The Morgan fingerprint density at radius 1 is 0.774 bits per heavy atom. The second-order valence-electron chi connectivity index (χ2n) is 7.17. The monoisotopic (exact) mass is 472 g/mol. The quantitative estimate of drug-likeness (QED) is 0.371. The van der Waals surface area contributed by atoms with E-state index in [-0.39, 0.29) is 11.5 Å². The second kappa shape index (κ2) is 9.58. The lowest BCUT2D eigenvalue weighted by atomic mass is 10.1. The highest BCUT2D eigenvalue weighted by molar-refractivity contribution is 9.10. The van der Waals surface area contributed by atoms with E-state index in [0.29, 0.717) is 28.8 Å². The van der Waals surface area contributed by atoms with Gasteiger partial charge >= 0.3 is 0 Å². The number of pyridine rings is 1. The number of carbonyl (C=O) groups is 1. The topological polar surface area (TPSA) is 42.3 Å². The minimum atomic E-state index is -0.231. The van der Waals surface area contributed by atoms with E-state index in [4.69, 9.17) is 0 Å². The number of carbonyl (C=O) groups excluding carboxylic acids is 1. The molecule has 4 nitrogen and oxygen atoms in total. The molecule has 31 heavy (non-hydrogen) atoms. The Hall–Kier alpha value is -3.44. The van der Waals surface area contributed by atoms with Gasteiger partial charge in [0.05, 0.1) is 18.7 Å². The van der Waals surface area contributed by atoms with Crippen molar-refractivity contribution in [3.8, 4) is 0 Å². The molecule has 1 heterocycles. The third-order valence-electron chi connectivity index (χ3n) is 5.02. The van der Waals surface area contributed by atoms with E-state index >= 15 is 0 Å². The number of rotatable bonds is 6. The standard InChI is InChI=1S/C26H21BrN2O2/c27-23-15-8-7-14-22(23)25(30)29(19-21-12-5-2-6-13-21)24-16-9-17-28(26(24)31)18-20-10-3-1-4-11-20/h1-17H,18-19H2. The van der Waals surface area contributed by atoms with E-state index in [0.717, 1.165) is 11.1 Å². The van der Waals surface area contributed by atoms with Crippen LogP contribution in [0.25, 0.3) is 0 Å². The molecule has 4 rings (SSSR count). The Bertz CT molecular complexity index is 1240. The van der Waals surface area contributed by atoms with Crippen LogP contribution in [-0.4, -0.2) is 10.5 Å². The molecule has 154 valence electrons. The summed E-state index contributed by atoms with van der Waals surface area (Å²) in [5.74, 6) is -0.231. The van der Waals surface area contributed by atoms with Gasteiger partial charge in [0.2, 0.25) is 0 Å². The fraction of sp³-hybridized carbons (Fsp3) is 0.0769. The molecule has 0 fully saturated rings. The van der Waals surface area contributed by atoms with Crippen LogP contribution in [0.2, 0.25) is 0 Å². The maximum atomic E-state index is 13.5. The Balaban J connectivity index is 1.76. The molecule has 0 unspecified atom stereocenters. The summed E-state index contributed by atoms with van der Waals surface area (Å²) in [6.07, 6.45) is 1.75. The van der Waals surface area contributed by atoms with Gasteiger partial charge in [-0.1, -0.05) is 72.8 Å². The lowest BCUT2D eigenvalue weighted by molar-refractivity contribution is 0.0984. The third-order valence-corrected chi connectivity index (χ3v) is 5.71. The molecular formula is C26H21BrN2O2. The predicted molar refractivity (Wildman–Crippen MR) is 127 cm³/mol. The van der Waals surface area contributed by atoms with Crippen LogP contribution in [0, 0.1) is 0 Å². The van der Waals surface area contributed by atoms with Gasteiger partial charge in [0.15, 0.2) is 0 Å². The van der Waals surface area contributed by atoms with Crippen LogP contribution in [0.5, 0.6) is 0 Å². The first-order valence-electron chi connectivity index (χ1n) is 9.97. The summed E-state index contributed by atoms with van der Waals surface area (Å²) < 4.78 is 2.33.